The molecule has 0 saturated carbocycles. The number of nitrogens with one attached hydrogen (secondary N) is 1. The maximum absolute atomic E-state index is 12.4. The van der Waals surface area contributed by atoms with Gasteiger partial charge in [0.15, 0.2) is 0 Å². The van der Waals surface area contributed by atoms with Gasteiger partial charge in [-0.15, -0.1) is 5.10 Å². The number of aromatic nitrogens is 2. The molecule has 2 saturated heterocycles. The molecule has 2 fully saturated rings. The number of amides is 4. The summed E-state index contributed by atoms with van der Waals surface area (Å²) in [6.07, 6.45) is 1.96. The van der Waals surface area contributed by atoms with Crippen molar-refractivity contribution in [1.82, 2.24) is 24.7 Å². The van der Waals surface area contributed by atoms with Crippen molar-refractivity contribution < 1.29 is 19.2 Å². The average molecular weight is 379 g/mol. The first kappa shape index (κ1) is 18.4. The lowest BCUT2D eigenvalue weighted by Crippen LogP contribution is -2.44. The smallest absolute Gasteiger partial charge is 0.267 e. The number of aryl methyl sites for hydroxylation is 1. The van der Waals surface area contributed by atoms with Gasteiger partial charge in [-0.25, -0.2) is 0 Å². The van der Waals surface area contributed by atoms with Crippen molar-refractivity contribution >= 4 is 35.2 Å². The van der Waals surface area contributed by atoms with Gasteiger partial charge in [0.05, 0.1) is 5.69 Å². The predicted octanol–water partition coefficient (Wildman–Crippen LogP) is -0.0361. The quantitative estimate of drug-likeness (QED) is 0.719. The van der Waals surface area contributed by atoms with Crippen LogP contribution in [0, 0.1) is 12.8 Å². The van der Waals surface area contributed by atoms with Crippen LogP contribution in [0.4, 0.5) is 0 Å². The highest BCUT2D eigenvalue weighted by Gasteiger charge is 2.31. The maximum Gasteiger partial charge on any atom is 0.267 e. The summed E-state index contributed by atoms with van der Waals surface area (Å²) in [7, 11) is 0. The molecule has 0 aliphatic carbocycles. The van der Waals surface area contributed by atoms with Crippen LogP contribution in [0.25, 0.3) is 0 Å². The molecule has 2 aliphatic heterocycles. The first-order chi connectivity index (χ1) is 12.5. The van der Waals surface area contributed by atoms with Gasteiger partial charge in [-0.1, -0.05) is 4.49 Å². The lowest BCUT2D eigenvalue weighted by molar-refractivity contribution is -0.142. The molecule has 1 aromatic heterocycles. The molecule has 26 heavy (non-hydrogen) atoms. The number of hydrogen-bond donors (Lipinski definition) is 1. The third-order valence-corrected chi connectivity index (χ3v) is 5.61. The van der Waals surface area contributed by atoms with Gasteiger partial charge in [-0.3, -0.25) is 24.1 Å². The minimum atomic E-state index is -0.321. The number of hydrogen-bond acceptors (Lipinski definition) is 7. The third kappa shape index (κ3) is 4.06. The summed E-state index contributed by atoms with van der Waals surface area (Å²) in [5.41, 5.74) is 0.653. The summed E-state index contributed by atoms with van der Waals surface area (Å²) in [4.78, 5) is 50.8. The summed E-state index contributed by atoms with van der Waals surface area (Å²) in [6.45, 7) is 3.30. The van der Waals surface area contributed by atoms with Crippen LogP contribution in [-0.2, 0) is 14.4 Å². The van der Waals surface area contributed by atoms with Crippen molar-refractivity contribution in [3.05, 3.63) is 10.6 Å². The van der Waals surface area contributed by atoms with Gasteiger partial charge < -0.3 is 10.2 Å². The van der Waals surface area contributed by atoms with Gasteiger partial charge in [-0.05, 0) is 37.2 Å². The monoisotopic (exact) mass is 379 g/mol. The molecule has 0 radical (unpaired) electrons. The minimum absolute atomic E-state index is 0.0361. The standard InChI is InChI=1S/C16H21N5O4S/c1-10-15(26-19-18-10)16(25)20-6-4-11(5-7-20)8-17-12(22)9-21-13(23)2-3-14(21)24/h11H,2-9H2,1H3,(H,17,22). The number of piperidine rings is 1. The second-order valence-corrected chi connectivity index (χ2v) is 7.35. The van der Waals surface area contributed by atoms with E-state index in [0.717, 1.165) is 29.3 Å². The Morgan fingerprint density at radius 1 is 1.19 bits per heavy atom. The second kappa shape index (κ2) is 7.90. The molecule has 140 valence electrons. The molecule has 0 atom stereocenters. The lowest BCUT2D eigenvalue weighted by Gasteiger charge is -2.31. The van der Waals surface area contributed by atoms with E-state index in [1.54, 1.807) is 11.8 Å². The van der Waals surface area contributed by atoms with E-state index in [4.69, 9.17) is 0 Å². The van der Waals surface area contributed by atoms with E-state index < -0.39 is 0 Å². The Hall–Kier alpha value is -2.36. The van der Waals surface area contributed by atoms with Gasteiger partial charge in [0.2, 0.25) is 17.7 Å². The molecule has 4 amide bonds. The van der Waals surface area contributed by atoms with Crippen molar-refractivity contribution in [2.24, 2.45) is 5.92 Å². The molecule has 2 aliphatic rings. The zero-order valence-electron chi connectivity index (χ0n) is 14.6. The van der Waals surface area contributed by atoms with Crippen molar-refractivity contribution in [2.45, 2.75) is 32.6 Å². The minimum Gasteiger partial charge on any atom is -0.354 e. The van der Waals surface area contributed by atoms with Gasteiger partial charge in [0.25, 0.3) is 5.91 Å². The highest BCUT2D eigenvalue weighted by atomic mass is 32.1. The number of likely N-dealkylation sites (tertiary alicyclic amines) is 2. The number of imide groups is 1. The molecular weight excluding hydrogens is 358 g/mol. The highest BCUT2D eigenvalue weighted by molar-refractivity contribution is 7.07. The second-order valence-electron chi connectivity index (χ2n) is 6.60. The Morgan fingerprint density at radius 3 is 2.42 bits per heavy atom. The Balaban J connectivity index is 1.41. The fourth-order valence-electron chi connectivity index (χ4n) is 3.17. The Kier molecular flexibility index (Phi) is 5.60. The summed E-state index contributed by atoms with van der Waals surface area (Å²) < 4.78 is 3.80. The molecule has 0 unspecified atom stereocenters. The van der Waals surface area contributed by atoms with E-state index in [0.29, 0.717) is 30.2 Å². The fourth-order valence-corrected chi connectivity index (χ4v) is 3.79. The van der Waals surface area contributed by atoms with E-state index in [2.05, 4.69) is 14.9 Å². The number of nitrogens with zero attached hydrogens (tertiary/aromatic N) is 4. The van der Waals surface area contributed by atoms with E-state index in [1.165, 1.54) is 0 Å². The molecule has 0 bridgehead atoms. The first-order valence-corrected chi connectivity index (χ1v) is 9.41. The van der Waals surface area contributed by atoms with Gasteiger partial charge in [-0.2, -0.15) is 0 Å². The molecule has 10 heteroatoms. The van der Waals surface area contributed by atoms with Crippen LogP contribution in [0.2, 0.25) is 0 Å². The first-order valence-electron chi connectivity index (χ1n) is 8.64. The third-order valence-electron chi connectivity index (χ3n) is 4.79. The van der Waals surface area contributed by atoms with Gasteiger partial charge in [0, 0.05) is 32.5 Å². The number of carbonyl (C=O) groups is 4. The highest BCUT2D eigenvalue weighted by Crippen LogP contribution is 2.20. The number of rotatable bonds is 5. The SMILES string of the molecule is Cc1nnsc1C(=O)N1CCC(CNC(=O)CN2C(=O)CCC2=O)CC1. The van der Waals surface area contributed by atoms with E-state index >= 15 is 0 Å². The van der Waals surface area contributed by atoms with Crippen LogP contribution in [0.5, 0.6) is 0 Å². The summed E-state index contributed by atoms with van der Waals surface area (Å²) in [5.74, 6) is -0.659. The van der Waals surface area contributed by atoms with Gasteiger partial charge in [0.1, 0.15) is 11.4 Å². The average Bonchev–Trinajstić information content (AvgIpc) is 3.20. The van der Waals surface area contributed by atoms with Crippen LogP contribution in [0.3, 0.4) is 0 Å². The Labute approximate surface area is 154 Å². The lowest BCUT2D eigenvalue weighted by atomic mass is 9.96. The van der Waals surface area contributed by atoms with Crippen LogP contribution in [-0.4, -0.2) is 69.2 Å². The molecule has 0 spiro atoms. The van der Waals surface area contributed by atoms with Crippen molar-refractivity contribution in [3.63, 3.8) is 0 Å². The maximum atomic E-state index is 12.4. The van der Waals surface area contributed by atoms with Crippen LogP contribution < -0.4 is 5.32 Å². The fraction of sp³-hybridized carbons (Fsp3) is 0.625. The summed E-state index contributed by atoms with van der Waals surface area (Å²) in [6, 6.07) is 0. The summed E-state index contributed by atoms with van der Waals surface area (Å²) in [5, 5.41) is 6.67. The van der Waals surface area contributed by atoms with E-state index in [9.17, 15) is 19.2 Å². The van der Waals surface area contributed by atoms with Crippen molar-refractivity contribution in [2.75, 3.05) is 26.2 Å². The topological polar surface area (TPSA) is 113 Å². The van der Waals surface area contributed by atoms with E-state index in [1.807, 2.05) is 0 Å². The van der Waals surface area contributed by atoms with Crippen molar-refractivity contribution in [3.8, 4) is 0 Å². The molecular formula is C16H21N5O4S. The predicted molar refractivity (Wildman–Crippen MR) is 92.2 cm³/mol. The van der Waals surface area contributed by atoms with Gasteiger partial charge >= 0.3 is 0 Å². The molecule has 0 aromatic carbocycles. The molecule has 3 heterocycles. The number of carbonyl (C=O) groups excluding carboxylic acids is 4. The van der Waals surface area contributed by atoms with Crippen LogP contribution >= 0.6 is 11.5 Å². The van der Waals surface area contributed by atoms with E-state index in [-0.39, 0.29) is 48.9 Å². The normalized spacial score (nSPS) is 18.5. The van der Waals surface area contributed by atoms with Crippen LogP contribution in [0.15, 0.2) is 0 Å². The molecule has 1 N–H and O–H groups in total. The largest absolute Gasteiger partial charge is 0.354 e. The molecule has 1 aromatic rings. The van der Waals surface area contributed by atoms with Crippen LogP contribution in [0.1, 0.15) is 41.0 Å². The summed E-state index contributed by atoms with van der Waals surface area (Å²) >= 11 is 1.11. The van der Waals surface area contributed by atoms with Crippen molar-refractivity contribution in [1.29, 1.82) is 0 Å². The zero-order valence-corrected chi connectivity index (χ0v) is 15.4. The molecule has 3 rings (SSSR count). The zero-order chi connectivity index (χ0) is 18.7. The molecule has 9 nitrogen and oxygen atoms in total. The Morgan fingerprint density at radius 2 is 1.85 bits per heavy atom. The Bertz CT molecular complexity index is 710.